The van der Waals surface area contributed by atoms with Gasteiger partial charge in [-0.25, -0.2) is 4.79 Å². The molecule has 3 N–H and O–H groups in total. The van der Waals surface area contributed by atoms with Crippen molar-refractivity contribution in [3.8, 4) is 0 Å². The van der Waals surface area contributed by atoms with Crippen LogP contribution in [0.2, 0.25) is 0 Å². The van der Waals surface area contributed by atoms with Crippen molar-refractivity contribution in [3.05, 3.63) is 32.1 Å². The molecule has 8 heteroatoms. The number of carbonyl (C=O) groups is 1. The Balaban J connectivity index is 1.08. The predicted octanol–water partition coefficient (Wildman–Crippen LogP) is 7.19. The van der Waals surface area contributed by atoms with Crippen molar-refractivity contribution in [1.82, 2.24) is 10.2 Å². The summed E-state index contributed by atoms with van der Waals surface area (Å²) in [6, 6.07) is 0. The van der Waals surface area contributed by atoms with E-state index in [1.807, 2.05) is 14.1 Å². The number of nitrogens with one attached hydrogen (secondary N) is 3. The molecule has 1 amide bonds. The van der Waals surface area contributed by atoms with Crippen LogP contribution in [0.3, 0.4) is 0 Å². The number of ether oxygens (including phenoxy) is 1. The van der Waals surface area contributed by atoms with Gasteiger partial charge in [-0.15, -0.1) is 0 Å². The number of alkyl carbamates (subject to hydrolysis) is 1. The Hall–Kier alpha value is -2.35. The van der Waals surface area contributed by atoms with Crippen LogP contribution in [0, 0.1) is 46.3 Å². The van der Waals surface area contributed by atoms with E-state index in [2.05, 4.69) is 61.5 Å². The molecule has 3 fully saturated rings. The van der Waals surface area contributed by atoms with Gasteiger partial charge in [0.1, 0.15) is 17.5 Å². The summed E-state index contributed by atoms with van der Waals surface area (Å²) in [5.41, 5.74) is 1.94. The topological polar surface area (TPSA) is 99.8 Å². The molecule has 3 saturated carbocycles. The monoisotopic (exact) mass is 652 g/mol. The van der Waals surface area contributed by atoms with Gasteiger partial charge in [0.15, 0.2) is 0 Å². The van der Waals surface area contributed by atoms with E-state index < -0.39 is 17.0 Å². The van der Waals surface area contributed by atoms with Crippen LogP contribution < -0.4 is 26.8 Å². The van der Waals surface area contributed by atoms with Crippen molar-refractivity contribution in [2.45, 2.75) is 118 Å². The first-order valence-electron chi connectivity index (χ1n) is 18.9. The first-order chi connectivity index (χ1) is 22.3. The molecule has 47 heavy (non-hydrogen) atoms. The number of carbonyl (C=O) groups excluding carboxylic acids is 1. The maximum absolute atomic E-state index is 12.7. The second kappa shape index (κ2) is 15.0. The number of amides is 1. The van der Waals surface area contributed by atoms with Gasteiger partial charge in [-0.05, 0) is 118 Å². The lowest BCUT2D eigenvalue weighted by Gasteiger charge is -2.58. The van der Waals surface area contributed by atoms with Gasteiger partial charge in [0.25, 0.3) is 10.9 Å². The number of hydrogen-bond donors (Lipinski definition) is 3. The van der Waals surface area contributed by atoms with Crippen LogP contribution in [-0.4, -0.2) is 57.4 Å². The Morgan fingerprint density at radius 1 is 0.915 bits per heavy atom. The van der Waals surface area contributed by atoms with Gasteiger partial charge >= 0.3 is 6.09 Å². The third-order valence-electron chi connectivity index (χ3n) is 13.2. The van der Waals surface area contributed by atoms with Gasteiger partial charge < -0.3 is 25.6 Å². The quantitative estimate of drug-likeness (QED) is 0.105. The van der Waals surface area contributed by atoms with Gasteiger partial charge in [-0.1, -0.05) is 65.5 Å². The van der Waals surface area contributed by atoms with Crippen LogP contribution in [0.15, 0.2) is 21.2 Å². The van der Waals surface area contributed by atoms with Gasteiger partial charge in [0.05, 0.1) is 0 Å². The van der Waals surface area contributed by atoms with E-state index in [-0.39, 0.29) is 11.5 Å². The molecule has 1 aromatic carbocycles. The fraction of sp³-hybridized carbons (Fsp3) is 0.821. The molecular weight excluding hydrogens is 588 g/mol. The molecule has 5 rings (SSSR count). The highest BCUT2D eigenvalue weighted by Crippen LogP contribution is 2.67. The molecule has 0 heterocycles. The van der Waals surface area contributed by atoms with Crippen molar-refractivity contribution < 1.29 is 9.53 Å². The molecule has 8 nitrogen and oxygen atoms in total. The molecule has 7 unspecified atom stereocenters. The maximum Gasteiger partial charge on any atom is 0.407 e. The lowest BCUT2D eigenvalue weighted by molar-refractivity contribution is -0.0581. The Kier molecular flexibility index (Phi) is 11.5. The van der Waals surface area contributed by atoms with Crippen LogP contribution in [0.25, 0.3) is 0 Å². The van der Waals surface area contributed by atoms with Crippen molar-refractivity contribution in [1.29, 1.82) is 0 Å². The molecule has 0 spiro atoms. The molecular formula is C39H64N4O4. The highest BCUT2D eigenvalue weighted by atomic mass is 16.6. The number of hydrogen-bond acceptors (Lipinski definition) is 7. The zero-order valence-electron chi connectivity index (χ0n) is 30.5. The second-order valence-corrected chi connectivity index (χ2v) is 16.9. The lowest BCUT2D eigenvalue weighted by Crippen LogP contribution is -2.51. The molecule has 4 aliphatic rings. The average Bonchev–Trinajstić information content (AvgIpc) is 3.38. The normalized spacial score (nSPS) is 32.4. The van der Waals surface area contributed by atoms with Crippen LogP contribution >= 0.6 is 0 Å². The standard InChI is InChI=1S/C39H64N4O4/c1-25(2)10-8-11-26(3)30-14-15-31-29-13-12-27-24-28(16-18-38(27,4)32(29)17-19-39(30,31)5)47-37(46)42-22-21-41-34-33(35(44)36(34)45)40-20-9-23-43(6)7/h12,25-26,28-32,40-41H,8-11,13-24H2,1-7H3,(H,42,46)/t26-,28?,29?,30?,31?,32?,38?,39?/m1/s1. The molecule has 0 radical (unpaired) electrons. The van der Waals surface area contributed by atoms with Gasteiger partial charge in [-0.3, -0.25) is 9.59 Å². The molecule has 0 saturated heterocycles. The van der Waals surface area contributed by atoms with Crippen molar-refractivity contribution in [3.63, 3.8) is 0 Å². The Bertz CT molecular complexity index is 1330. The third-order valence-corrected chi connectivity index (χ3v) is 13.2. The summed E-state index contributed by atoms with van der Waals surface area (Å²) < 4.78 is 5.92. The molecule has 0 aliphatic heterocycles. The molecule has 4 aliphatic carbocycles. The summed E-state index contributed by atoms with van der Waals surface area (Å²) in [6.45, 7) is 14.6. The van der Waals surface area contributed by atoms with Gasteiger partial charge in [0.2, 0.25) is 0 Å². The summed E-state index contributed by atoms with van der Waals surface area (Å²) >= 11 is 0. The van der Waals surface area contributed by atoms with Crippen molar-refractivity contribution in [2.75, 3.05) is 50.9 Å². The molecule has 264 valence electrons. The summed E-state index contributed by atoms with van der Waals surface area (Å²) in [6.07, 6.45) is 16.6. The minimum atomic E-state index is -0.502. The first kappa shape index (κ1) is 35.9. The molecule has 0 bridgehead atoms. The van der Waals surface area contributed by atoms with Crippen LogP contribution in [-0.2, 0) is 4.74 Å². The van der Waals surface area contributed by atoms with Gasteiger partial charge in [0, 0.05) is 26.1 Å². The van der Waals surface area contributed by atoms with E-state index in [0.717, 1.165) is 67.7 Å². The minimum Gasteiger partial charge on any atom is -0.446 e. The maximum atomic E-state index is 12.7. The Labute approximate surface area is 283 Å². The van der Waals surface area contributed by atoms with E-state index in [9.17, 15) is 14.4 Å². The Morgan fingerprint density at radius 2 is 1.64 bits per heavy atom. The molecule has 1 aromatic rings. The number of anilines is 2. The van der Waals surface area contributed by atoms with Crippen molar-refractivity contribution in [2.24, 2.45) is 46.3 Å². The van der Waals surface area contributed by atoms with E-state index >= 15 is 0 Å². The molecule has 0 aromatic heterocycles. The first-order valence-corrected chi connectivity index (χ1v) is 18.9. The SMILES string of the molecule is CC(C)CCC[C@@H](C)C1CCC2C3CC=C4CC(OC(=O)NCCNc5c(NCCCN(C)C)c(=O)c5=O)CCC4(C)C3CCC21C. The zero-order chi connectivity index (χ0) is 33.9. The highest BCUT2D eigenvalue weighted by molar-refractivity contribution is 5.74. The van der Waals surface area contributed by atoms with E-state index in [0.29, 0.717) is 36.4 Å². The Morgan fingerprint density at radius 3 is 2.34 bits per heavy atom. The third kappa shape index (κ3) is 7.63. The van der Waals surface area contributed by atoms with Crippen LogP contribution in [0.1, 0.15) is 112 Å². The molecule has 8 atom stereocenters. The predicted molar refractivity (Wildman–Crippen MR) is 193 cm³/mol. The number of nitrogens with zero attached hydrogens (tertiary/aromatic N) is 1. The van der Waals surface area contributed by atoms with Crippen LogP contribution in [0.4, 0.5) is 16.2 Å². The van der Waals surface area contributed by atoms with Crippen LogP contribution in [0.5, 0.6) is 0 Å². The number of fused-ring (bicyclic) bond motifs is 5. The zero-order valence-corrected chi connectivity index (χ0v) is 30.5. The number of allylic oxidation sites excluding steroid dienone is 1. The van der Waals surface area contributed by atoms with E-state index in [1.54, 1.807) is 0 Å². The summed E-state index contributed by atoms with van der Waals surface area (Å²) in [5.74, 6) is 4.91. The van der Waals surface area contributed by atoms with Crippen molar-refractivity contribution >= 4 is 17.5 Å². The fourth-order valence-corrected chi connectivity index (χ4v) is 10.6. The highest BCUT2D eigenvalue weighted by Gasteiger charge is 2.59. The number of rotatable bonds is 15. The minimum absolute atomic E-state index is 0.0956. The summed E-state index contributed by atoms with van der Waals surface area (Å²) in [7, 11) is 4.00. The second-order valence-electron chi connectivity index (χ2n) is 16.9. The van der Waals surface area contributed by atoms with E-state index in [4.69, 9.17) is 4.74 Å². The smallest absolute Gasteiger partial charge is 0.407 e. The summed E-state index contributed by atoms with van der Waals surface area (Å²) in [4.78, 5) is 38.9. The van der Waals surface area contributed by atoms with E-state index in [1.165, 1.54) is 56.9 Å². The largest absolute Gasteiger partial charge is 0.446 e. The average molecular weight is 653 g/mol. The summed E-state index contributed by atoms with van der Waals surface area (Å²) in [5, 5.41) is 8.95. The lowest BCUT2D eigenvalue weighted by atomic mass is 9.47. The fourth-order valence-electron chi connectivity index (χ4n) is 10.6. The van der Waals surface area contributed by atoms with Gasteiger partial charge in [-0.2, -0.15) is 0 Å².